The first-order valence-electron chi connectivity index (χ1n) is 9.35. The van der Waals surface area contributed by atoms with E-state index in [-0.39, 0.29) is 34.8 Å². The molecule has 2 aliphatic heterocycles. The lowest BCUT2D eigenvalue weighted by atomic mass is 10.1. The van der Waals surface area contributed by atoms with Crippen molar-refractivity contribution in [3.63, 3.8) is 0 Å². The van der Waals surface area contributed by atoms with E-state index in [0.717, 1.165) is 19.3 Å². The lowest BCUT2D eigenvalue weighted by Crippen LogP contribution is -2.42. The molecule has 1 aromatic carbocycles. The van der Waals surface area contributed by atoms with E-state index in [1.54, 1.807) is 6.92 Å². The average Bonchev–Trinajstić information content (AvgIpc) is 2.98. The van der Waals surface area contributed by atoms with E-state index in [2.05, 4.69) is 0 Å². The van der Waals surface area contributed by atoms with Crippen LogP contribution in [0.2, 0.25) is 0 Å². The fourth-order valence-corrected chi connectivity index (χ4v) is 5.46. The van der Waals surface area contributed by atoms with Crippen LogP contribution in [0.1, 0.15) is 49.9 Å². The van der Waals surface area contributed by atoms with Crippen molar-refractivity contribution in [3.8, 4) is 5.75 Å². The fraction of sp³-hybridized carbons (Fsp3) is 0.579. The highest BCUT2D eigenvalue weighted by atomic mass is 32.2. The first-order chi connectivity index (χ1) is 13.2. The third-order valence-electron chi connectivity index (χ3n) is 5.10. The summed E-state index contributed by atoms with van der Waals surface area (Å²) in [6, 6.07) is 3.97. The molecule has 0 bridgehead atoms. The van der Waals surface area contributed by atoms with E-state index in [9.17, 15) is 18.0 Å². The van der Waals surface area contributed by atoms with Gasteiger partial charge in [0.25, 0.3) is 0 Å². The van der Waals surface area contributed by atoms with Crippen molar-refractivity contribution < 1.29 is 32.2 Å². The lowest BCUT2D eigenvalue weighted by Gasteiger charge is -2.32. The summed E-state index contributed by atoms with van der Waals surface area (Å²) < 4.78 is 43.3. The van der Waals surface area contributed by atoms with Gasteiger partial charge in [-0.05, 0) is 44.9 Å². The van der Waals surface area contributed by atoms with Gasteiger partial charge in [-0.1, -0.05) is 6.42 Å². The smallest absolute Gasteiger partial charge is 0.347 e. The van der Waals surface area contributed by atoms with E-state index in [1.165, 1.54) is 29.6 Å². The van der Waals surface area contributed by atoms with Gasteiger partial charge in [0.1, 0.15) is 16.7 Å². The van der Waals surface area contributed by atoms with E-state index in [0.29, 0.717) is 6.54 Å². The average molecular weight is 411 g/mol. The molecule has 2 fully saturated rings. The van der Waals surface area contributed by atoms with Crippen LogP contribution in [0.25, 0.3) is 0 Å². The molecule has 1 aromatic rings. The molecule has 3 atom stereocenters. The molecule has 2 heterocycles. The molecular formula is C19H25NO7S. The summed E-state index contributed by atoms with van der Waals surface area (Å²) in [6.07, 6.45) is 1.52. The molecule has 0 unspecified atom stereocenters. The fourth-order valence-electron chi connectivity index (χ4n) is 3.57. The number of piperidine rings is 1. The highest BCUT2D eigenvalue weighted by molar-refractivity contribution is 7.89. The second kappa shape index (κ2) is 8.08. The number of carbonyl (C=O) groups excluding carboxylic acids is 2. The molecule has 154 valence electrons. The number of cyclic esters (lactones) is 1. The Morgan fingerprint density at radius 1 is 1.25 bits per heavy atom. The monoisotopic (exact) mass is 411 g/mol. The van der Waals surface area contributed by atoms with Gasteiger partial charge in [-0.15, -0.1) is 0 Å². The van der Waals surface area contributed by atoms with Crippen LogP contribution in [0, 0.1) is 0 Å². The molecular weight excluding hydrogens is 386 g/mol. The molecule has 0 amide bonds. The van der Waals surface area contributed by atoms with Crippen molar-refractivity contribution in [1.82, 2.24) is 4.31 Å². The quantitative estimate of drug-likeness (QED) is 0.684. The molecule has 0 saturated carbocycles. The van der Waals surface area contributed by atoms with Crippen molar-refractivity contribution in [2.24, 2.45) is 0 Å². The Labute approximate surface area is 164 Å². The van der Waals surface area contributed by atoms with Gasteiger partial charge in [-0.2, -0.15) is 4.31 Å². The largest absolute Gasteiger partial charge is 0.495 e. The van der Waals surface area contributed by atoms with Gasteiger partial charge in [0.15, 0.2) is 0 Å². The zero-order valence-electron chi connectivity index (χ0n) is 16.2. The van der Waals surface area contributed by atoms with Gasteiger partial charge >= 0.3 is 11.9 Å². The summed E-state index contributed by atoms with van der Waals surface area (Å²) in [6.45, 7) is 4.00. The SMILES string of the molecule is COc1ccc(C(=O)O[C@@H]2C[C@H](C)OC2=O)cc1S(=O)(=O)N1CCCC[C@@H]1C. The topological polar surface area (TPSA) is 99.2 Å². The van der Waals surface area contributed by atoms with E-state index in [1.807, 2.05) is 6.92 Å². The first kappa shape index (κ1) is 20.6. The van der Waals surface area contributed by atoms with E-state index in [4.69, 9.17) is 14.2 Å². The number of nitrogens with zero attached hydrogens (tertiary/aromatic N) is 1. The summed E-state index contributed by atoms with van der Waals surface area (Å²) in [5.74, 6) is -1.21. The second-order valence-electron chi connectivity index (χ2n) is 7.20. The molecule has 0 aromatic heterocycles. The number of esters is 2. The number of ether oxygens (including phenoxy) is 3. The van der Waals surface area contributed by atoms with Crippen LogP contribution in [-0.2, 0) is 24.3 Å². The molecule has 2 aliphatic rings. The van der Waals surface area contributed by atoms with Crippen molar-refractivity contribution in [3.05, 3.63) is 23.8 Å². The van der Waals surface area contributed by atoms with Gasteiger partial charge < -0.3 is 14.2 Å². The summed E-state index contributed by atoms with van der Waals surface area (Å²) in [5, 5.41) is 0. The van der Waals surface area contributed by atoms with Crippen LogP contribution in [0.4, 0.5) is 0 Å². The molecule has 9 heteroatoms. The van der Waals surface area contributed by atoms with Gasteiger partial charge in [0.2, 0.25) is 16.1 Å². The number of hydrogen-bond donors (Lipinski definition) is 0. The first-order valence-corrected chi connectivity index (χ1v) is 10.8. The normalized spacial score (nSPS) is 26.0. The highest BCUT2D eigenvalue weighted by Crippen LogP contribution is 2.32. The van der Waals surface area contributed by atoms with Crippen LogP contribution in [0.15, 0.2) is 23.1 Å². The second-order valence-corrected chi connectivity index (χ2v) is 9.06. The van der Waals surface area contributed by atoms with Crippen LogP contribution >= 0.6 is 0 Å². The predicted octanol–water partition coefficient (Wildman–Crippen LogP) is 2.12. The number of methoxy groups -OCH3 is 1. The number of sulfonamides is 1. The minimum Gasteiger partial charge on any atom is -0.495 e. The van der Waals surface area contributed by atoms with Crippen molar-refractivity contribution in [2.75, 3.05) is 13.7 Å². The van der Waals surface area contributed by atoms with Crippen LogP contribution in [0.3, 0.4) is 0 Å². The molecule has 0 N–H and O–H groups in total. The Balaban J connectivity index is 1.89. The van der Waals surface area contributed by atoms with Gasteiger partial charge in [0.05, 0.1) is 12.7 Å². The Bertz CT molecular complexity index is 867. The minimum atomic E-state index is -3.85. The molecule has 0 radical (unpaired) electrons. The summed E-state index contributed by atoms with van der Waals surface area (Å²) >= 11 is 0. The van der Waals surface area contributed by atoms with Crippen LogP contribution in [0.5, 0.6) is 5.75 Å². The highest BCUT2D eigenvalue weighted by Gasteiger charge is 2.37. The summed E-state index contributed by atoms with van der Waals surface area (Å²) in [7, 11) is -2.47. The standard InChI is InChI=1S/C19H25NO7S/c1-12-6-4-5-9-20(12)28(23,24)17-11-14(7-8-15(17)25-3)18(21)27-16-10-13(2)26-19(16)22/h7-8,11-13,16H,4-6,9-10H2,1-3H3/t12-,13-,16+/m0/s1. The Hall–Kier alpha value is -2.13. The molecule has 0 aliphatic carbocycles. The molecule has 2 saturated heterocycles. The Morgan fingerprint density at radius 2 is 2.00 bits per heavy atom. The zero-order valence-corrected chi connectivity index (χ0v) is 17.0. The minimum absolute atomic E-state index is 0.0383. The Morgan fingerprint density at radius 3 is 2.61 bits per heavy atom. The summed E-state index contributed by atoms with van der Waals surface area (Å²) in [5.41, 5.74) is 0.0383. The lowest BCUT2D eigenvalue weighted by molar-refractivity contribution is -0.147. The van der Waals surface area contributed by atoms with Crippen LogP contribution < -0.4 is 4.74 Å². The van der Waals surface area contributed by atoms with Crippen molar-refractivity contribution in [1.29, 1.82) is 0 Å². The van der Waals surface area contributed by atoms with E-state index >= 15 is 0 Å². The van der Waals surface area contributed by atoms with Crippen molar-refractivity contribution >= 4 is 22.0 Å². The zero-order chi connectivity index (χ0) is 20.5. The van der Waals surface area contributed by atoms with Gasteiger partial charge in [-0.3, -0.25) is 0 Å². The van der Waals surface area contributed by atoms with Gasteiger partial charge in [-0.25, -0.2) is 18.0 Å². The maximum atomic E-state index is 13.2. The molecule has 3 rings (SSSR count). The number of hydrogen-bond acceptors (Lipinski definition) is 7. The Kier molecular flexibility index (Phi) is 5.95. The third-order valence-corrected chi connectivity index (χ3v) is 7.14. The summed E-state index contributed by atoms with van der Waals surface area (Å²) in [4.78, 5) is 24.1. The molecule has 8 nitrogen and oxygen atoms in total. The van der Waals surface area contributed by atoms with E-state index < -0.39 is 28.1 Å². The van der Waals surface area contributed by atoms with Crippen LogP contribution in [-0.4, -0.2) is 56.6 Å². The maximum Gasteiger partial charge on any atom is 0.347 e. The molecule has 0 spiro atoms. The third kappa shape index (κ3) is 4.00. The number of benzene rings is 1. The van der Waals surface area contributed by atoms with Crippen molar-refractivity contribution in [2.45, 2.75) is 62.7 Å². The molecule has 28 heavy (non-hydrogen) atoms. The number of rotatable bonds is 5. The number of carbonyl (C=O) groups is 2. The van der Waals surface area contributed by atoms with Gasteiger partial charge in [0, 0.05) is 19.0 Å². The predicted molar refractivity (Wildman–Crippen MR) is 99.6 cm³/mol. The maximum absolute atomic E-state index is 13.2.